The third-order valence-corrected chi connectivity index (χ3v) is 3.37. The lowest BCUT2D eigenvalue weighted by atomic mass is 10.2. The van der Waals surface area contributed by atoms with Crippen LogP contribution in [-0.4, -0.2) is 11.4 Å². The van der Waals surface area contributed by atoms with E-state index in [4.69, 9.17) is 13.6 Å². The van der Waals surface area contributed by atoms with Crippen LogP contribution < -0.4 is 10.2 Å². The molecule has 1 atom stereocenters. The SMILES string of the molecule is O=Cc1ccc(C(O)c2occc(=O)c2OCc2ccccc2)o1. The summed E-state index contributed by atoms with van der Waals surface area (Å²) in [4.78, 5) is 22.8. The second-order valence-corrected chi connectivity index (χ2v) is 5.01. The molecule has 0 amide bonds. The predicted molar refractivity (Wildman–Crippen MR) is 83.9 cm³/mol. The predicted octanol–water partition coefficient (Wildman–Crippen LogP) is 2.71. The van der Waals surface area contributed by atoms with E-state index in [9.17, 15) is 14.7 Å². The second-order valence-electron chi connectivity index (χ2n) is 5.01. The maximum atomic E-state index is 12.1. The number of hydrogen-bond acceptors (Lipinski definition) is 6. The van der Waals surface area contributed by atoms with Gasteiger partial charge in [0.1, 0.15) is 12.4 Å². The molecule has 24 heavy (non-hydrogen) atoms. The minimum Gasteiger partial charge on any atom is -0.482 e. The van der Waals surface area contributed by atoms with Crippen molar-refractivity contribution in [3.63, 3.8) is 0 Å². The lowest BCUT2D eigenvalue weighted by Crippen LogP contribution is -2.12. The second kappa shape index (κ2) is 6.97. The van der Waals surface area contributed by atoms with Crippen LogP contribution >= 0.6 is 0 Å². The fraction of sp³-hybridized carbons (Fsp3) is 0.111. The lowest BCUT2D eigenvalue weighted by Gasteiger charge is -2.12. The van der Waals surface area contributed by atoms with Gasteiger partial charge in [-0.2, -0.15) is 0 Å². The smallest absolute Gasteiger partial charge is 0.227 e. The molecule has 122 valence electrons. The van der Waals surface area contributed by atoms with Gasteiger partial charge in [-0.1, -0.05) is 30.3 Å². The fourth-order valence-corrected chi connectivity index (χ4v) is 2.19. The lowest BCUT2D eigenvalue weighted by molar-refractivity contribution is 0.108. The Morgan fingerprint density at radius 2 is 1.92 bits per heavy atom. The van der Waals surface area contributed by atoms with Crippen molar-refractivity contribution in [1.82, 2.24) is 0 Å². The van der Waals surface area contributed by atoms with Gasteiger partial charge in [-0.15, -0.1) is 0 Å². The molecular formula is C18H14O6. The van der Waals surface area contributed by atoms with Crippen LogP contribution in [0.1, 0.15) is 33.7 Å². The Balaban J connectivity index is 1.89. The summed E-state index contributed by atoms with van der Waals surface area (Å²) >= 11 is 0. The Morgan fingerprint density at radius 3 is 2.62 bits per heavy atom. The van der Waals surface area contributed by atoms with E-state index in [2.05, 4.69) is 0 Å². The van der Waals surface area contributed by atoms with E-state index in [1.807, 2.05) is 30.3 Å². The van der Waals surface area contributed by atoms with Crippen LogP contribution in [0.15, 0.2) is 68.4 Å². The van der Waals surface area contributed by atoms with Crippen LogP contribution in [0.25, 0.3) is 0 Å². The Labute approximate surface area is 136 Å². The number of rotatable bonds is 6. The van der Waals surface area contributed by atoms with Gasteiger partial charge in [-0.25, -0.2) is 0 Å². The van der Waals surface area contributed by atoms with Gasteiger partial charge in [-0.3, -0.25) is 9.59 Å². The van der Waals surface area contributed by atoms with Gasteiger partial charge < -0.3 is 18.7 Å². The summed E-state index contributed by atoms with van der Waals surface area (Å²) in [5, 5.41) is 10.4. The molecule has 1 N–H and O–H groups in total. The van der Waals surface area contributed by atoms with Gasteiger partial charge in [0, 0.05) is 6.07 Å². The van der Waals surface area contributed by atoms with Crippen molar-refractivity contribution in [3.8, 4) is 5.75 Å². The van der Waals surface area contributed by atoms with Crippen LogP contribution in [-0.2, 0) is 6.61 Å². The molecule has 6 heteroatoms. The summed E-state index contributed by atoms with van der Waals surface area (Å²) in [6.45, 7) is 0.146. The first kappa shape index (κ1) is 15.8. The van der Waals surface area contributed by atoms with Gasteiger partial charge in [0.2, 0.25) is 11.2 Å². The fourth-order valence-electron chi connectivity index (χ4n) is 2.19. The van der Waals surface area contributed by atoms with E-state index in [-0.39, 0.29) is 29.6 Å². The van der Waals surface area contributed by atoms with Crippen molar-refractivity contribution >= 4 is 6.29 Å². The largest absolute Gasteiger partial charge is 0.482 e. The van der Waals surface area contributed by atoms with Crippen molar-refractivity contribution < 1.29 is 23.5 Å². The number of furan rings is 1. The highest BCUT2D eigenvalue weighted by atomic mass is 16.5. The van der Waals surface area contributed by atoms with E-state index < -0.39 is 11.5 Å². The van der Waals surface area contributed by atoms with Crippen LogP contribution in [0.2, 0.25) is 0 Å². The van der Waals surface area contributed by atoms with Gasteiger partial charge in [0.25, 0.3) is 0 Å². The first-order valence-corrected chi connectivity index (χ1v) is 7.20. The molecule has 2 heterocycles. The molecule has 0 bridgehead atoms. The topological polar surface area (TPSA) is 89.9 Å². The Morgan fingerprint density at radius 1 is 1.12 bits per heavy atom. The van der Waals surface area contributed by atoms with Crippen LogP contribution in [0.3, 0.4) is 0 Å². The molecule has 0 fully saturated rings. The van der Waals surface area contributed by atoms with E-state index in [1.165, 1.54) is 24.5 Å². The molecule has 0 radical (unpaired) electrons. The highest BCUT2D eigenvalue weighted by molar-refractivity contribution is 5.70. The van der Waals surface area contributed by atoms with Crippen molar-refractivity contribution in [1.29, 1.82) is 0 Å². The molecule has 0 saturated carbocycles. The summed E-state index contributed by atoms with van der Waals surface area (Å²) in [6.07, 6.45) is 0.322. The van der Waals surface area contributed by atoms with Crippen molar-refractivity contribution in [2.24, 2.45) is 0 Å². The number of aliphatic hydroxyl groups is 1. The molecule has 0 saturated heterocycles. The average molecular weight is 326 g/mol. The normalized spacial score (nSPS) is 11.9. The summed E-state index contributed by atoms with van der Waals surface area (Å²) < 4.78 is 16.0. The monoisotopic (exact) mass is 326 g/mol. The molecule has 0 spiro atoms. The van der Waals surface area contributed by atoms with Gasteiger partial charge in [0.15, 0.2) is 23.9 Å². The third-order valence-electron chi connectivity index (χ3n) is 3.37. The number of ether oxygens (including phenoxy) is 1. The van der Waals surface area contributed by atoms with Gasteiger partial charge in [0.05, 0.1) is 6.26 Å². The quantitative estimate of drug-likeness (QED) is 0.701. The Hall–Kier alpha value is -3.12. The minimum atomic E-state index is -1.36. The minimum absolute atomic E-state index is 0.0640. The third kappa shape index (κ3) is 3.28. The summed E-state index contributed by atoms with van der Waals surface area (Å²) in [5.74, 6) is -0.0340. The first-order chi connectivity index (χ1) is 11.7. The van der Waals surface area contributed by atoms with E-state index in [0.717, 1.165) is 5.56 Å². The molecular weight excluding hydrogens is 312 g/mol. The van der Waals surface area contributed by atoms with Crippen LogP contribution in [0.4, 0.5) is 0 Å². The summed E-state index contributed by atoms with van der Waals surface area (Å²) in [7, 11) is 0. The molecule has 6 nitrogen and oxygen atoms in total. The van der Waals surface area contributed by atoms with Crippen molar-refractivity contribution in [3.05, 3.63) is 87.9 Å². The maximum Gasteiger partial charge on any atom is 0.227 e. The molecule has 2 aromatic heterocycles. The molecule has 1 unspecified atom stereocenters. The summed E-state index contributed by atoms with van der Waals surface area (Å²) in [6, 6.07) is 13.3. The Kier molecular flexibility index (Phi) is 4.58. The van der Waals surface area contributed by atoms with E-state index in [0.29, 0.717) is 6.29 Å². The summed E-state index contributed by atoms with van der Waals surface area (Å²) in [5.41, 5.74) is 0.441. The molecule has 3 aromatic rings. The van der Waals surface area contributed by atoms with Crippen LogP contribution in [0, 0.1) is 0 Å². The molecule has 1 aromatic carbocycles. The zero-order valence-corrected chi connectivity index (χ0v) is 12.5. The number of carbonyl (C=O) groups is 1. The number of benzene rings is 1. The molecule has 3 rings (SSSR count). The van der Waals surface area contributed by atoms with Crippen molar-refractivity contribution in [2.75, 3.05) is 0 Å². The number of aliphatic hydroxyl groups excluding tert-OH is 1. The molecule has 0 aliphatic rings. The van der Waals surface area contributed by atoms with Crippen LogP contribution in [0.5, 0.6) is 5.75 Å². The van der Waals surface area contributed by atoms with E-state index in [1.54, 1.807) is 0 Å². The molecule has 0 aliphatic carbocycles. The Bertz CT molecular complexity index is 878. The highest BCUT2D eigenvalue weighted by Crippen LogP contribution is 2.29. The maximum absolute atomic E-state index is 12.1. The van der Waals surface area contributed by atoms with Crippen molar-refractivity contribution in [2.45, 2.75) is 12.7 Å². The van der Waals surface area contributed by atoms with E-state index >= 15 is 0 Å². The highest BCUT2D eigenvalue weighted by Gasteiger charge is 2.24. The standard InChI is InChI=1S/C18H14O6/c19-10-13-6-7-15(24-13)16(21)18-17(14(20)8-9-22-18)23-11-12-4-2-1-3-5-12/h1-10,16,21H,11H2. The molecule has 0 aliphatic heterocycles. The zero-order valence-electron chi connectivity index (χ0n) is 12.5. The van der Waals surface area contributed by atoms with Gasteiger partial charge in [-0.05, 0) is 17.7 Å². The number of aldehydes is 1. The average Bonchev–Trinajstić information content (AvgIpc) is 3.10. The first-order valence-electron chi connectivity index (χ1n) is 7.20. The zero-order chi connectivity index (χ0) is 16.9. The number of hydrogen-bond donors (Lipinski definition) is 1. The van der Waals surface area contributed by atoms with Gasteiger partial charge >= 0.3 is 0 Å². The number of carbonyl (C=O) groups excluding carboxylic acids is 1.